The van der Waals surface area contributed by atoms with Gasteiger partial charge in [0, 0.05) is 22.6 Å². The van der Waals surface area contributed by atoms with Gasteiger partial charge in [0.1, 0.15) is 18.1 Å². The lowest BCUT2D eigenvalue weighted by Crippen LogP contribution is -1.99. The first-order valence-electron chi connectivity index (χ1n) is 6.79. The number of ether oxygens (including phenoxy) is 2. The molecule has 0 unspecified atom stereocenters. The van der Waals surface area contributed by atoms with Gasteiger partial charge in [-0.05, 0) is 48.4 Å². The molecule has 0 radical (unpaired) electrons. The summed E-state index contributed by atoms with van der Waals surface area (Å²) in [6.07, 6.45) is 1.40. The number of carbonyl (C=O) groups excluding carboxylic acids is 1. The fourth-order valence-corrected chi connectivity index (χ4v) is 2.74. The molecule has 0 saturated heterocycles. The molecule has 2 aromatic rings. The van der Waals surface area contributed by atoms with Crippen LogP contribution in [0.2, 0.25) is 5.02 Å². The molecular weight excluding hydrogens is 288 g/mol. The molecule has 0 fully saturated rings. The summed E-state index contributed by atoms with van der Waals surface area (Å²) < 4.78 is 11.1. The van der Waals surface area contributed by atoms with E-state index in [0.29, 0.717) is 18.1 Å². The van der Waals surface area contributed by atoms with E-state index in [9.17, 15) is 4.79 Å². The number of Topliss-reactive ketones (excluding diaryl/α,β-unsaturated/α-hetero) is 1. The zero-order valence-electron chi connectivity index (χ0n) is 11.7. The van der Waals surface area contributed by atoms with E-state index in [1.165, 1.54) is 0 Å². The minimum atomic E-state index is 0.216. The predicted octanol–water partition coefficient (Wildman–Crippen LogP) is 4.06. The molecule has 0 N–H and O–H groups in total. The second-order valence-corrected chi connectivity index (χ2v) is 5.42. The van der Waals surface area contributed by atoms with Crippen molar-refractivity contribution in [2.45, 2.75) is 19.4 Å². The molecule has 0 spiro atoms. The highest BCUT2D eigenvalue weighted by Gasteiger charge is 2.19. The second kappa shape index (κ2) is 5.78. The van der Waals surface area contributed by atoms with Crippen LogP contribution in [0.1, 0.15) is 27.9 Å². The van der Waals surface area contributed by atoms with Crippen LogP contribution in [0.5, 0.6) is 11.5 Å². The normalized spacial score (nSPS) is 13.1. The monoisotopic (exact) mass is 302 g/mol. The Labute approximate surface area is 128 Å². The summed E-state index contributed by atoms with van der Waals surface area (Å²) in [5, 5.41) is 0.647. The van der Waals surface area contributed by atoms with Crippen molar-refractivity contribution in [1.82, 2.24) is 0 Å². The van der Waals surface area contributed by atoms with Gasteiger partial charge >= 0.3 is 0 Å². The molecule has 21 heavy (non-hydrogen) atoms. The first kappa shape index (κ1) is 14.0. The van der Waals surface area contributed by atoms with Crippen LogP contribution >= 0.6 is 11.6 Å². The lowest BCUT2D eigenvalue weighted by molar-refractivity contribution is 0.0994. The Morgan fingerprint density at radius 3 is 2.81 bits per heavy atom. The Morgan fingerprint density at radius 1 is 1.14 bits per heavy atom. The molecule has 0 amide bonds. The fraction of sp³-hybridized carbons (Fsp3) is 0.235. The number of hydrogen-bond donors (Lipinski definition) is 0. The summed E-state index contributed by atoms with van der Waals surface area (Å²) in [7, 11) is 1.62. The molecule has 0 aromatic heterocycles. The number of carbonyl (C=O) groups is 1. The number of hydrogen-bond acceptors (Lipinski definition) is 3. The first-order valence-corrected chi connectivity index (χ1v) is 7.16. The molecule has 2 aromatic carbocycles. The molecular formula is C17H15ClO3. The molecule has 4 heteroatoms. The maximum absolute atomic E-state index is 11.6. The first-order chi connectivity index (χ1) is 10.2. The average molecular weight is 303 g/mol. The topological polar surface area (TPSA) is 35.5 Å². The second-order valence-electron chi connectivity index (χ2n) is 4.99. The van der Waals surface area contributed by atoms with E-state index in [-0.39, 0.29) is 5.78 Å². The standard InChI is InChI=1S/C17H15ClO3/c1-20-17-7-3-13(18)8-12(17)10-21-14-4-5-15-11(9-14)2-6-16(15)19/h3-5,7-9H,2,6,10H2,1H3. The van der Waals surface area contributed by atoms with Gasteiger partial charge in [-0.1, -0.05) is 11.6 Å². The summed E-state index contributed by atoms with van der Waals surface area (Å²) in [6, 6.07) is 11.1. The minimum absolute atomic E-state index is 0.216. The Morgan fingerprint density at radius 2 is 2.00 bits per heavy atom. The Hall–Kier alpha value is -2.00. The van der Waals surface area contributed by atoms with Crippen molar-refractivity contribution < 1.29 is 14.3 Å². The molecule has 0 aliphatic heterocycles. The van der Waals surface area contributed by atoms with Crippen molar-refractivity contribution >= 4 is 17.4 Å². The number of methoxy groups -OCH3 is 1. The van der Waals surface area contributed by atoms with Crippen LogP contribution in [0.15, 0.2) is 36.4 Å². The van der Waals surface area contributed by atoms with Crippen LogP contribution in [-0.4, -0.2) is 12.9 Å². The number of rotatable bonds is 4. The maximum atomic E-state index is 11.6. The fourth-order valence-electron chi connectivity index (χ4n) is 2.54. The number of halogens is 1. The van der Waals surface area contributed by atoms with E-state index in [1.54, 1.807) is 13.2 Å². The molecule has 1 aliphatic rings. The van der Waals surface area contributed by atoms with Crippen molar-refractivity contribution in [2.24, 2.45) is 0 Å². The highest BCUT2D eigenvalue weighted by atomic mass is 35.5. The average Bonchev–Trinajstić information content (AvgIpc) is 2.86. The summed E-state index contributed by atoms with van der Waals surface area (Å²) in [4.78, 5) is 11.6. The van der Waals surface area contributed by atoms with Crippen molar-refractivity contribution in [3.63, 3.8) is 0 Å². The van der Waals surface area contributed by atoms with Crippen LogP contribution in [0.3, 0.4) is 0 Å². The van der Waals surface area contributed by atoms with Crippen LogP contribution in [0.25, 0.3) is 0 Å². The highest BCUT2D eigenvalue weighted by molar-refractivity contribution is 6.30. The third-order valence-corrected chi connectivity index (χ3v) is 3.87. The van der Waals surface area contributed by atoms with Crippen LogP contribution in [0, 0.1) is 0 Å². The van der Waals surface area contributed by atoms with E-state index in [0.717, 1.165) is 34.6 Å². The van der Waals surface area contributed by atoms with Crippen molar-refractivity contribution in [2.75, 3.05) is 7.11 Å². The summed E-state index contributed by atoms with van der Waals surface area (Å²) >= 11 is 6.00. The zero-order chi connectivity index (χ0) is 14.8. The van der Waals surface area contributed by atoms with E-state index in [4.69, 9.17) is 21.1 Å². The quantitative estimate of drug-likeness (QED) is 0.854. The summed E-state index contributed by atoms with van der Waals surface area (Å²) in [5.74, 6) is 1.72. The molecule has 1 aliphatic carbocycles. The number of fused-ring (bicyclic) bond motifs is 1. The van der Waals surface area contributed by atoms with Gasteiger partial charge in [0.15, 0.2) is 5.78 Å². The van der Waals surface area contributed by atoms with E-state index in [2.05, 4.69) is 0 Å². The largest absolute Gasteiger partial charge is 0.496 e. The number of ketones is 1. The Bertz CT molecular complexity index is 694. The van der Waals surface area contributed by atoms with Gasteiger partial charge in [-0.15, -0.1) is 0 Å². The third-order valence-electron chi connectivity index (χ3n) is 3.64. The SMILES string of the molecule is COc1ccc(Cl)cc1COc1ccc2c(c1)CCC2=O. The van der Waals surface area contributed by atoms with Gasteiger partial charge in [-0.2, -0.15) is 0 Å². The summed E-state index contributed by atoms with van der Waals surface area (Å²) in [5.41, 5.74) is 2.78. The van der Waals surface area contributed by atoms with Gasteiger partial charge < -0.3 is 9.47 Å². The van der Waals surface area contributed by atoms with Crippen LogP contribution in [0.4, 0.5) is 0 Å². The molecule has 0 heterocycles. The minimum Gasteiger partial charge on any atom is -0.496 e. The lowest BCUT2D eigenvalue weighted by Gasteiger charge is -2.11. The van der Waals surface area contributed by atoms with Gasteiger partial charge in [0.2, 0.25) is 0 Å². The third kappa shape index (κ3) is 2.88. The molecule has 3 nitrogen and oxygen atoms in total. The van der Waals surface area contributed by atoms with Gasteiger partial charge in [0.25, 0.3) is 0 Å². The Kier molecular flexibility index (Phi) is 3.84. The molecule has 108 valence electrons. The number of aryl methyl sites for hydroxylation is 1. The lowest BCUT2D eigenvalue weighted by atomic mass is 10.1. The van der Waals surface area contributed by atoms with Gasteiger partial charge in [-0.25, -0.2) is 0 Å². The maximum Gasteiger partial charge on any atom is 0.163 e. The zero-order valence-corrected chi connectivity index (χ0v) is 12.4. The predicted molar refractivity (Wildman–Crippen MR) is 81.4 cm³/mol. The van der Waals surface area contributed by atoms with E-state index in [1.807, 2.05) is 30.3 Å². The molecule has 0 saturated carbocycles. The van der Waals surface area contributed by atoms with Gasteiger partial charge in [-0.3, -0.25) is 4.79 Å². The molecule has 3 rings (SSSR count). The van der Waals surface area contributed by atoms with Crippen LogP contribution in [-0.2, 0) is 13.0 Å². The van der Waals surface area contributed by atoms with E-state index < -0.39 is 0 Å². The van der Waals surface area contributed by atoms with Crippen molar-refractivity contribution in [3.8, 4) is 11.5 Å². The number of benzene rings is 2. The van der Waals surface area contributed by atoms with Crippen LogP contribution < -0.4 is 9.47 Å². The van der Waals surface area contributed by atoms with Gasteiger partial charge in [0.05, 0.1) is 7.11 Å². The highest BCUT2D eigenvalue weighted by Crippen LogP contribution is 2.28. The Balaban J connectivity index is 1.77. The van der Waals surface area contributed by atoms with Crippen molar-refractivity contribution in [1.29, 1.82) is 0 Å². The molecule has 0 bridgehead atoms. The summed E-state index contributed by atoms with van der Waals surface area (Å²) in [6.45, 7) is 0.371. The molecule has 0 atom stereocenters. The van der Waals surface area contributed by atoms with E-state index >= 15 is 0 Å². The van der Waals surface area contributed by atoms with Crippen molar-refractivity contribution in [3.05, 3.63) is 58.1 Å². The smallest absolute Gasteiger partial charge is 0.163 e.